The Morgan fingerprint density at radius 2 is 1.80 bits per heavy atom. The van der Waals surface area contributed by atoms with E-state index in [1.54, 1.807) is 49.4 Å². The van der Waals surface area contributed by atoms with Crippen LogP contribution in [0.5, 0.6) is 0 Å². The number of amides is 1. The zero-order valence-corrected chi connectivity index (χ0v) is 15.4. The van der Waals surface area contributed by atoms with E-state index in [0.29, 0.717) is 21.4 Å². The van der Waals surface area contributed by atoms with Crippen LogP contribution in [0.3, 0.4) is 0 Å². The van der Waals surface area contributed by atoms with E-state index in [9.17, 15) is 13.8 Å². The molecule has 2 atom stereocenters. The fourth-order valence-corrected chi connectivity index (χ4v) is 3.18. The molecule has 0 aromatic heterocycles. The SMILES string of the molecule is CC[S@@](=O)c1ccccc1C(=O)O[C@H](C)C(=O)Nc1ccccc1Cl. The van der Waals surface area contributed by atoms with E-state index in [1.165, 1.54) is 13.0 Å². The first kappa shape index (κ1) is 19.1. The topological polar surface area (TPSA) is 72.5 Å². The molecule has 0 aliphatic heterocycles. The molecule has 7 heteroatoms. The molecular weight excluding hydrogens is 362 g/mol. The van der Waals surface area contributed by atoms with E-state index in [2.05, 4.69) is 5.32 Å². The minimum atomic E-state index is -1.30. The summed E-state index contributed by atoms with van der Waals surface area (Å²) in [6, 6.07) is 13.3. The van der Waals surface area contributed by atoms with Crippen LogP contribution >= 0.6 is 11.6 Å². The number of carbonyl (C=O) groups is 2. The van der Waals surface area contributed by atoms with Gasteiger partial charge in [0.2, 0.25) is 0 Å². The number of nitrogens with one attached hydrogen (secondary N) is 1. The molecule has 0 heterocycles. The van der Waals surface area contributed by atoms with Crippen LogP contribution in [0.15, 0.2) is 53.4 Å². The van der Waals surface area contributed by atoms with Gasteiger partial charge in [-0.05, 0) is 31.2 Å². The third kappa shape index (κ3) is 4.90. The Bertz CT molecular complexity index is 809. The summed E-state index contributed by atoms with van der Waals surface area (Å²) >= 11 is 5.99. The fraction of sp³-hybridized carbons (Fsp3) is 0.222. The molecule has 0 saturated heterocycles. The zero-order chi connectivity index (χ0) is 18.4. The van der Waals surface area contributed by atoms with Gasteiger partial charge in [0.1, 0.15) is 0 Å². The minimum absolute atomic E-state index is 0.195. The van der Waals surface area contributed by atoms with E-state index in [0.717, 1.165) is 0 Å². The van der Waals surface area contributed by atoms with Crippen molar-refractivity contribution >= 4 is 40.0 Å². The lowest BCUT2D eigenvalue weighted by atomic mass is 10.2. The number of para-hydroxylation sites is 1. The van der Waals surface area contributed by atoms with Gasteiger partial charge in [-0.15, -0.1) is 0 Å². The summed E-state index contributed by atoms with van der Waals surface area (Å²) in [5.74, 6) is -0.818. The van der Waals surface area contributed by atoms with Crippen LogP contribution in [0, 0.1) is 0 Å². The van der Waals surface area contributed by atoms with Crippen LogP contribution in [-0.2, 0) is 20.3 Å². The molecule has 2 aromatic rings. The Hall–Kier alpha value is -2.18. The van der Waals surface area contributed by atoms with Crippen LogP contribution in [0.4, 0.5) is 5.69 Å². The highest BCUT2D eigenvalue weighted by molar-refractivity contribution is 7.85. The van der Waals surface area contributed by atoms with E-state index >= 15 is 0 Å². The van der Waals surface area contributed by atoms with Gasteiger partial charge < -0.3 is 10.1 Å². The number of anilines is 1. The summed E-state index contributed by atoms with van der Waals surface area (Å²) in [7, 11) is -1.30. The van der Waals surface area contributed by atoms with Crippen LogP contribution in [0.1, 0.15) is 24.2 Å². The standard InChI is InChI=1S/C18H18ClNO4S/c1-3-25(23)16-11-7-4-8-13(16)18(22)24-12(2)17(21)20-15-10-6-5-9-14(15)19/h4-12H,3H2,1-2H3,(H,20,21)/t12-,25-/m1/s1. The number of rotatable bonds is 6. The van der Waals surface area contributed by atoms with Crippen LogP contribution < -0.4 is 5.32 Å². The van der Waals surface area contributed by atoms with Gasteiger partial charge in [-0.2, -0.15) is 0 Å². The maximum Gasteiger partial charge on any atom is 0.340 e. The van der Waals surface area contributed by atoms with Gasteiger partial charge in [-0.1, -0.05) is 42.8 Å². The lowest BCUT2D eigenvalue weighted by Crippen LogP contribution is -2.30. The van der Waals surface area contributed by atoms with Crippen LogP contribution in [-0.4, -0.2) is 27.9 Å². The largest absolute Gasteiger partial charge is 0.449 e. The van der Waals surface area contributed by atoms with Gasteiger partial charge >= 0.3 is 5.97 Å². The average Bonchev–Trinajstić information content (AvgIpc) is 2.62. The summed E-state index contributed by atoms with van der Waals surface area (Å²) in [5.41, 5.74) is 0.629. The second-order valence-electron chi connectivity index (χ2n) is 5.15. The molecule has 0 bridgehead atoms. The predicted molar refractivity (Wildman–Crippen MR) is 98.4 cm³/mol. The van der Waals surface area contributed by atoms with Crippen molar-refractivity contribution in [3.8, 4) is 0 Å². The highest BCUT2D eigenvalue weighted by atomic mass is 35.5. The molecule has 0 unspecified atom stereocenters. The van der Waals surface area contributed by atoms with E-state index in [1.807, 2.05) is 0 Å². The van der Waals surface area contributed by atoms with Crippen LogP contribution in [0.2, 0.25) is 5.02 Å². The van der Waals surface area contributed by atoms with E-state index in [4.69, 9.17) is 16.3 Å². The number of benzene rings is 2. The van der Waals surface area contributed by atoms with Crippen molar-refractivity contribution in [3.05, 3.63) is 59.1 Å². The maximum atomic E-state index is 12.4. The predicted octanol–water partition coefficient (Wildman–Crippen LogP) is 3.65. The van der Waals surface area contributed by atoms with Gasteiger partial charge in [-0.3, -0.25) is 9.00 Å². The monoisotopic (exact) mass is 379 g/mol. The highest BCUT2D eigenvalue weighted by Crippen LogP contribution is 2.21. The van der Waals surface area contributed by atoms with E-state index in [-0.39, 0.29) is 5.56 Å². The molecule has 0 saturated carbocycles. The van der Waals surface area contributed by atoms with Crippen molar-refractivity contribution in [2.24, 2.45) is 0 Å². The minimum Gasteiger partial charge on any atom is -0.449 e. The van der Waals surface area contributed by atoms with E-state index < -0.39 is 28.8 Å². The van der Waals surface area contributed by atoms with Crippen LogP contribution in [0.25, 0.3) is 0 Å². The fourth-order valence-electron chi connectivity index (χ4n) is 2.06. The smallest absolute Gasteiger partial charge is 0.340 e. The molecule has 2 rings (SSSR count). The number of carbonyl (C=O) groups excluding carboxylic acids is 2. The molecule has 0 radical (unpaired) electrons. The van der Waals surface area contributed by atoms with Gasteiger partial charge in [0.25, 0.3) is 5.91 Å². The molecule has 0 aliphatic carbocycles. The first-order chi connectivity index (χ1) is 11.9. The number of ether oxygens (including phenoxy) is 1. The summed E-state index contributed by atoms with van der Waals surface area (Å²) < 4.78 is 17.3. The van der Waals surface area contributed by atoms with Crippen molar-refractivity contribution < 1.29 is 18.5 Å². The summed E-state index contributed by atoms with van der Waals surface area (Å²) in [5, 5.41) is 2.99. The molecule has 132 valence electrons. The number of halogens is 1. The molecule has 1 N–H and O–H groups in total. The Morgan fingerprint density at radius 3 is 2.48 bits per heavy atom. The lowest BCUT2D eigenvalue weighted by Gasteiger charge is -2.15. The molecule has 0 aliphatic rings. The quantitative estimate of drug-likeness (QED) is 0.777. The molecule has 2 aromatic carbocycles. The van der Waals surface area contributed by atoms with Crippen molar-refractivity contribution in [1.82, 2.24) is 0 Å². The first-order valence-electron chi connectivity index (χ1n) is 7.67. The maximum absolute atomic E-state index is 12.4. The van der Waals surface area contributed by atoms with Crippen molar-refractivity contribution in [1.29, 1.82) is 0 Å². The van der Waals surface area contributed by atoms with Gasteiger partial charge in [0.15, 0.2) is 6.10 Å². The molecule has 1 amide bonds. The Morgan fingerprint density at radius 1 is 1.16 bits per heavy atom. The molecule has 5 nitrogen and oxygen atoms in total. The molecule has 0 fully saturated rings. The molecule has 25 heavy (non-hydrogen) atoms. The zero-order valence-electron chi connectivity index (χ0n) is 13.8. The lowest BCUT2D eigenvalue weighted by molar-refractivity contribution is -0.123. The first-order valence-corrected chi connectivity index (χ1v) is 9.37. The third-order valence-corrected chi connectivity index (χ3v) is 5.10. The number of hydrogen-bond acceptors (Lipinski definition) is 4. The third-order valence-electron chi connectivity index (χ3n) is 3.40. The Balaban J connectivity index is 2.09. The van der Waals surface area contributed by atoms with Gasteiger partial charge in [0.05, 0.1) is 32.0 Å². The number of hydrogen-bond donors (Lipinski definition) is 1. The van der Waals surface area contributed by atoms with Crippen molar-refractivity contribution in [2.75, 3.05) is 11.1 Å². The normalized spacial score (nSPS) is 12.9. The summed E-state index contributed by atoms with van der Waals surface area (Å²) in [6.45, 7) is 3.22. The van der Waals surface area contributed by atoms with Crippen molar-refractivity contribution in [2.45, 2.75) is 24.8 Å². The summed E-state index contributed by atoms with van der Waals surface area (Å²) in [6.07, 6.45) is -1.04. The highest BCUT2D eigenvalue weighted by Gasteiger charge is 2.22. The second kappa shape index (κ2) is 8.78. The summed E-state index contributed by atoms with van der Waals surface area (Å²) in [4.78, 5) is 25.0. The number of esters is 1. The van der Waals surface area contributed by atoms with Gasteiger partial charge in [0, 0.05) is 5.75 Å². The Labute approximate surface area is 153 Å². The molecule has 0 spiro atoms. The van der Waals surface area contributed by atoms with Gasteiger partial charge in [-0.25, -0.2) is 4.79 Å². The molecular formula is C18H18ClNO4S. The van der Waals surface area contributed by atoms with Crippen molar-refractivity contribution in [3.63, 3.8) is 0 Å². The average molecular weight is 380 g/mol. The second-order valence-corrected chi connectivity index (χ2v) is 7.26. The Kier molecular flexibility index (Phi) is 6.73.